The molecular weight excluding hydrogens is 1120 g/mol. The van der Waals surface area contributed by atoms with Crippen molar-refractivity contribution in [2.24, 2.45) is 5.73 Å². The third-order valence-corrected chi connectivity index (χ3v) is 13.0. The first-order valence-electron chi connectivity index (χ1n) is 33.1. The lowest BCUT2D eigenvalue weighted by Crippen LogP contribution is -2.27. The van der Waals surface area contributed by atoms with E-state index in [0.717, 1.165) is 176 Å². The Balaban J connectivity index is -0.00000123. The molecule has 0 aromatic heterocycles. The summed E-state index contributed by atoms with van der Waals surface area (Å²) in [4.78, 5) is 30.9. The number of carbonyl (C=O) groups is 3. The fraction of sp³-hybridized carbons (Fsp3) is 0.700. The van der Waals surface area contributed by atoms with Crippen LogP contribution in [0.3, 0.4) is 0 Å². The van der Waals surface area contributed by atoms with Crippen molar-refractivity contribution < 1.29 is 14.4 Å². The Bertz CT molecular complexity index is 1720. The van der Waals surface area contributed by atoms with Gasteiger partial charge < -0.3 is 74.9 Å². The summed E-state index contributed by atoms with van der Waals surface area (Å²) in [6.07, 6.45) is 9.81. The molecule has 3 aromatic rings. The summed E-state index contributed by atoms with van der Waals surface area (Å²) in [5.74, 6) is 0. The Labute approximate surface area is 545 Å². The Morgan fingerprint density at radius 3 is 0.580 bits per heavy atom. The maximum absolute atomic E-state index is 10.3. The molecule has 0 heterocycles. The fourth-order valence-corrected chi connectivity index (χ4v) is 8.71. The Hall–Kier alpha value is -3.60. The lowest BCUT2D eigenvalue weighted by Gasteiger charge is -2.14. The number of halogens is 1. The number of nitrogens with one attached hydrogen (secondary N) is 13. The molecule has 3 aromatic carbocycles. The van der Waals surface area contributed by atoms with E-state index in [1.165, 1.54) is 51.6 Å². The van der Waals surface area contributed by atoms with Crippen LogP contribution >= 0.6 is 12.4 Å². The van der Waals surface area contributed by atoms with Crippen LogP contribution in [0.15, 0.2) is 54.6 Å². The molecule has 0 aliphatic rings. The molecule has 510 valence electrons. The third kappa shape index (κ3) is 57.6. The highest BCUT2D eigenvalue weighted by Gasteiger charge is 2.07. The zero-order chi connectivity index (χ0) is 64.0. The molecular formula is C70H135ClN14O3. The van der Waals surface area contributed by atoms with Gasteiger partial charge in [-0.2, -0.15) is 0 Å². The van der Waals surface area contributed by atoms with Gasteiger partial charge in [-0.3, -0.25) is 14.4 Å². The average Bonchev–Trinajstić information content (AvgIpc) is 3.35. The minimum atomic E-state index is 0. The number of aldehydes is 3. The number of hydrogen-bond donors (Lipinski definition) is 14. The largest absolute Gasteiger partial charge is 0.330 e. The van der Waals surface area contributed by atoms with Crippen LogP contribution in [0.4, 0.5) is 0 Å². The molecule has 0 aliphatic carbocycles. The monoisotopic (exact) mass is 1260 g/mol. The van der Waals surface area contributed by atoms with Gasteiger partial charge in [-0.1, -0.05) is 141 Å². The van der Waals surface area contributed by atoms with Crippen LogP contribution in [-0.2, 0) is 39.3 Å². The van der Waals surface area contributed by atoms with Gasteiger partial charge in [0.1, 0.15) is 18.9 Å². The van der Waals surface area contributed by atoms with Crippen LogP contribution in [0, 0.1) is 0 Å². The Kier molecular flexibility index (Phi) is 61.3. The number of benzene rings is 3. The molecule has 15 N–H and O–H groups in total. The van der Waals surface area contributed by atoms with Crippen LogP contribution in [0.25, 0.3) is 0 Å². The summed E-state index contributed by atoms with van der Waals surface area (Å²) in [6, 6.07) is 22.4. The van der Waals surface area contributed by atoms with Gasteiger partial charge in [0, 0.05) is 98.3 Å². The van der Waals surface area contributed by atoms with Gasteiger partial charge in [0.15, 0.2) is 0 Å². The van der Waals surface area contributed by atoms with Crippen LogP contribution in [-0.4, -0.2) is 153 Å². The van der Waals surface area contributed by atoms with Crippen LogP contribution in [0.5, 0.6) is 0 Å². The molecule has 17 nitrogen and oxygen atoms in total. The normalized spacial score (nSPS) is 11.1. The van der Waals surface area contributed by atoms with Crippen molar-refractivity contribution in [3.63, 3.8) is 0 Å². The number of hydrogen-bond acceptors (Lipinski definition) is 17. The average molecular weight is 1260 g/mol. The van der Waals surface area contributed by atoms with Crippen molar-refractivity contribution in [3.05, 3.63) is 105 Å². The molecule has 88 heavy (non-hydrogen) atoms. The topological polar surface area (TPSA) is 234 Å². The van der Waals surface area contributed by atoms with Crippen molar-refractivity contribution in [1.29, 1.82) is 0 Å². The van der Waals surface area contributed by atoms with E-state index in [2.05, 4.69) is 202 Å². The zero-order valence-electron chi connectivity index (χ0n) is 57.3. The van der Waals surface area contributed by atoms with E-state index in [1.54, 1.807) is 0 Å². The lowest BCUT2D eigenvalue weighted by atomic mass is 10.0. The zero-order valence-corrected chi connectivity index (χ0v) is 58.1. The maximum Gasteiger partial charge on any atom is 0.150 e. The molecule has 0 fully saturated rings. The van der Waals surface area contributed by atoms with E-state index in [9.17, 15) is 14.4 Å². The molecule has 0 saturated heterocycles. The van der Waals surface area contributed by atoms with Gasteiger partial charge >= 0.3 is 0 Å². The van der Waals surface area contributed by atoms with Gasteiger partial charge in [0.2, 0.25) is 0 Å². The molecule has 0 unspecified atom stereocenters. The second-order valence-corrected chi connectivity index (χ2v) is 24.7. The molecule has 18 heteroatoms. The molecule has 0 atom stereocenters. The first-order chi connectivity index (χ1) is 41.3. The van der Waals surface area contributed by atoms with E-state index < -0.39 is 0 Å². The second kappa shape index (κ2) is 60.9. The second-order valence-electron chi connectivity index (χ2n) is 24.7. The molecule has 0 amide bonds. The van der Waals surface area contributed by atoms with Crippen LogP contribution in [0.2, 0.25) is 0 Å². The number of carbonyl (C=O) groups excluding carboxylic acids is 3. The smallest absolute Gasteiger partial charge is 0.150 e. The predicted molar refractivity (Wildman–Crippen MR) is 383 cm³/mol. The van der Waals surface area contributed by atoms with Crippen LogP contribution in [0.1, 0.15) is 214 Å². The Morgan fingerprint density at radius 2 is 0.443 bits per heavy atom. The Morgan fingerprint density at radius 1 is 0.284 bits per heavy atom. The summed E-state index contributed by atoms with van der Waals surface area (Å²) in [7, 11) is 0. The summed E-state index contributed by atoms with van der Waals surface area (Å²) in [6.45, 7) is 50.8. The summed E-state index contributed by atoms with van der Waals surface area (Å²) < 4.78 is 0. The summed E-state index contributed by atoms with van der Waals surface area (Å²) in [5, 5.41) is 45.9. The van der Waals surface area contributed by atoms with E-state index in [4.69, 9.17) is 5.73 Å². The fourth-order valence-electron chi connectivity index (χ4n) is 8.71. The highest BCUT2D eigenvalue weighted by molar-refractivity contribution is 5.87. The van der Waals surface area contributed by atoms with Gasteiger partial charge in [-0.15, -0.1) is 12.4 Å². The van der Waals surface area contributed by atoms with E-state index in [0.29, 0.717) is 77.8 Å². The third-order valence-electron chi connectivity index (χ3n) is 13.0. The first-order valence-corrected chi connectivity index (χ1v) is 33.1. The summed E-state index contributed by atoms with van der Waals surface area (Å²) in [5.41, 5.74) is 14.6. The lowest BCUT2D eigenvalue weighted by molar-refractivity contribution is 0.112. The van der Waals surface area contributed by atoms with Gasteiger partial charge in [-0.05, 0) is 188 Å². The van der Waals surface area contributed by atoms with Crippen molar-refractivity contribution in [2.45, 2.75) is 231 Å². The van der Waals surface area contributed by atoms with Crippen molar-refractivity contribution >= 4 is 31.3 Å². The van der Waals surface area contributed by atoms with E-state index in [-0.39, 0.29) is 19.8 Å². The predicted octanol–water partition coefficient (Wildman–Crippen LogP) is 8.75. The molecule has 0 spiro atoms. The quantitative estimate of drug-likeness (QED) is 0.0187. The minimum absolute atomic E-state index is 0. The molecule has 0 saturated carbocycles. The number of nitrogens with two attached hydrogens (primary N) is 1. The standard InChI is InChI=1S/2C27H54N6.C9H6O3.C6H16N2.CH4.ClH/c2*1-22(2)31-13-7-10-28-19-25-16-26(20-29-11-8-14-32-23(3)4)18-27(17-25)21-30-12-9-15-33-24(5)6;10-4-7-1-8(5-11)3-9(2-7)6-12;1-6(2)8-5-3-4-7;;/h2*16-18,22-24,28-33H,7-15,19-21H2,1-6H3;1-6H;6,8H,3-5,7H2,1-2H3;1H4;1H. The maximum atomic E-state index is 10.3. The van der Waals surface area contributed by atoms with E-state index in [1.807, 2.05) is 0 Å². The minimum Gasteiger partial charge on any atom is -0.330 e. The highest BCUT2D eigenvalue weighted by atomic mass is 35.5. The van der Waals surface area contributed by atoms with E-state index >= 15 is 0 Å². The van der Waals surface area contributed by atoms with Crippen LogP contribution < -0.4 is 74.9 Å². The van der Waals surface area contributed by atoms with Crippen molar-refractivity contribution in [3.8, 4) is 0 Å². The van der Waals surface area contributed by atoms with Crippen molar-refractivity contribution in [1.82, 2.24) is 69.1 Å². The molecule has 3 rings (SSSR count). The summed E-state index contributed by atoms with van der Waals surface area (Å²) >= 11 is 0. The van der Waals surface area contributed by atoms with Gasteiger partial charge in [-0.25, -0.2) is 0 Å². The molecule has 0 radical (unpaired) electrons. The molecule has 0 aliphatic heterocycles. The van der Waals surface area contributed by atoms with Gasteiger partial charge in [0.25, 0.3) is 0 Å². The molecule has 0 bridgehead atoms. The first kappa shape index (κ1) is 88.6. The number of rotatable bonds is 49. The van der Waals surface area contributed by atoms with Gasteiger partial charge in [0.05, 0.1) is 0 Å². The van der Waals surface area contributed by atoms with Crippen molar-refractivity contribution in [2.75, 3.05) is 91.6 Å². The highest BCUT2D eigenvalue weighted by Crippen LogP contribution is 2.13. The SMILES string of the molecule is C.CC(C)NCCCN.CC(C)NCCCNCc1cc(CNCCCNC(C)C)cc(CNCCCNC(C)C)c1.CC(C)NCCCNCc1cc(CNCCCNC(C)C)cc(CNCCCNC(C)C)c1.Cl.O=Cc1cc(C=O)cc(C=O)c1.